The van der Waals surface area contributed by atoms with E-state index in [9.17, 15) is 8.42 Å². The maximum Gasteiger partial charge on any atom is 0.265 e. The molecular weight excluding hydrogens is 379 g/mol. The summed E-state index contributed by atoms with van der Waals surface area (Å²) in [7, 11) is -3.68. The molecule has 0 amide bonds. The molecule has 1 aromatic carbocycles. The number of nitrogens with one attached hydrogen (secondary N) is 2. The summed E-state index contributed by atoms with van der Waals surface area (Å²) in [6.45, 7) is 1.71. The first kappa shape index (κ1) is 14.3. The highest BCUT2D eigenvalue weighted by molar-refractivity contribution is 14.1. The highest BCUT2D eigenvalue weighted by Gasteiger charge is 2.23. The molecule has 0 spiro atoms. The van der Waals surface area contributed by atoms with Gasteiger partial charge < -0.3 is 5.73 Å². The Morgan fingerprint density at radius 1 is 1.37 bits per heavy atom. The molecule has 8 heteroatoms. The molecule has 0 saturated carbocycles. The van der Waals surface area contributed by atoms with Crippen molar-refractivity contribution in [3.05, 3.63) is 39.2 Å². The second kappa shape index (κ2) is 5.47. The molecule has 19 heavy (non-hydrogen) atoms. The highest BCUT2D eigenvalue weighted by atomic mass is 127. The fourth-order valence-corrected chi connectivity index (χ4v) is 3.48. The monoisotopic (exact) mass is 392 g/mol. The van der Waals surface area contributed by atoms with E-state index >= 15 is 0 Å². The van der Waals surface area contributed by atoms with Crippen LogP contribution in [0, 0.1) is 10.5 Å². The molecule has 0 fully saturated rings. The van der Waals surface area contributed by atoms with Gasteiger partial charge in [-0.3, -0.25) is 9.82 Å². The molecule has 2 aromatic rings. The summed E-state index contributed by atoms with van der Waals surface area (Å²) in [5.74, 6) is 0. The zero-order chi connectivity index (χ0) is 14.0. The van der Waals surface area contributed by atoms with Gasteiger partial charge in [0.1, 0.15) is 4.90 Å². The summed E-state index contributed by atoms with van der Waals surface area (Å²) >= 11 is 2.15. The van der Waals surface area contributed by atoms with E-state index in [1.165, 1.54) is 0 Å². The number of benzene rings is 1. The summed E-state index contributed by atoms with van der Waals surface area (Å²) in [5.41, 5.74) is 6.80. The Hall–Kier alpha value is -1.13. The molecule has 2 rings (SSSR count). The van der Waals surface area contributed by atoms with Crippen LogP contribution in [0.3, 0.4) is 0 Å². The smallest absolute Gasteiger partial charge is 0.265 e. The molecule has 102 valence electrons. The van der Waals surface area contributed by atoms with Gasteiger partial charge in [-0.2, -0.15) is 5.10 Å². The zero-order valence-electron chi connectivity index (χ0n) is 10.1. The summed E-state index contributed by atoms with van der Waals surface area (Å²) in [6, 6.07) is 7.06. The standard InChI is InChI=1S/C11H13IN4O2S/c1-7-11(10(6-13)15-14-7)19(17,18)16-9-4-2-8(12)3-5-9/h2-5,16H,6,13H2,1H3,(H,14,15). The minimum atomic E-state index is -3.68. The Labute approximate surface area is 125 Å². The zero-order valence-corrected chi connectivity index (χ0v) is 13.1. The van der Waals surface area contributed by atoms with Crippen molar-refractivity contribution >= 4 is 38.3 Å². The van der Waals surface area contributed by atoms with Gasteiger partial charge >= 0.3 is 0 Å². The lowest BCUT2D eigenvalue weighted by atomic mass is 10.3. The molecule has 1 heterocycles. The SMILES string of the molecule is Cc1[nH]nc(CN)c1S(=O)(=O)Nc1ccc(I)cc1. The Morgan fingerprint density at radius 3 is 2.58 bits per heavy atom. The topological polar surface area (TPSA) is 101 Å². The number of sulfonamides is 1. The first-order chi connectivity index (χ1) is 8.94. The van der Waals surface area contributed by atoms with Gasteiger partial charge in [-0.25, -0.2) is 8.42 Å². The van der Waals surface area contributed by atoms with Crippen LogP contribution in [0.25, 0.3) is 0 Å². The second-order valence-electron chi connectivity index (χ2n) is 3.94. The fourth-order valence-electron chi connectivity index (χ4n) is 1.69. The van der Waals surface area contributed by atoms with Gasteiger partial charge in [-0.1, -0.05) is 0 Å². The van der Waals surface area contributed by atoms with Gasteiger partial charge in [0, 0.05) is 15.8 Å². The predicted octanol–water partition coefficient (Wildman–Crippen LogP) is 1.58. The number of halogens is 1. The number of aromatic nitrogens is 2. The number of rotatable bonds is 4. The first-order valence-electron chi connectivity index (χ1n) is 5.46. The normalized spacial score (nSPS) is 11.5. The number of anilines is 1. The van der Waals surface area contributed by atoms with Crippen LogP contribution in [-0.2, 0) is 16.6 Å². The van der Waals surface area contributed by atoms with E-state index in [2.05, 4.69) is 37.5 Å². The van der Waals surface area contributed by atoms with Crippen molar-refractivity contribution in [3.63, 3.8) is 0 Å². The quantitative estimate of drug-likeness (QED) is 0.688. The fraction of sp³-hybridized carbons (Fsp3) is 0.182. The van der Waals surface area contributed by atoms with Gasteiger partial charge in [0.2, 0.25) is 0 Å². The Bertz CT molecular complexity index is 679. The molecule has 0 atom stereocenters. The van der Waals surface area contributed by atoms with Crippen molar-refractivity contribution in [2.45, 2.75) is 18.4 Å². The van der Waals surface area contributed by atoms with E-state index in [4.69, 9.17) is 5.73 Å². The minimum absolute atomic E-state index is 0.0628. The lowest BCUT2D eigenvalue weighted by Crippen LogP contribution is -2.16. The maximum absolute atomic E-state index is 12.3. The second-order valence-corrected chi connectivity index (χ2v) is 6.81. The number of nitrogens with two attached hydrogens (primary N) is 1. The molecular formula is C11H13IN4O2S. The molecule has 0 radical (unpaired) electrons. The van der Waals surface area contributed by atoms with Gasteiger partial charge in [-0.15, -0.1) is 0 Å². The van der Waals surface area contributed by atoms with Gasteiger partial charge in [-0.05, 0) is 53.8 Å². The maximum atomic E-state index is 12.3. The average molecular weight is 392 g/mol. The largest absolute Gasteiger partial charge is 0.325 e. The predicted molar refractivity (Wildman–Crippen MR) is 81.2 cm³/mol. The molecule has 6 nitrogen and oxygen atoms in total. The Kier molecular flexibility index (Phi) is 4.11. The summed E-state index contributed by atoms with van der Waals surface area (Å²) in [6.07, 6.45) is 0. The molecule has 0 saturated heterocycles. The Balaban J connectivity index is 2.37. The van der Waals surface area contributed by atoms with Gasteiger partial charge in [0.25, 0.3) is 10.0 Å². The molecule has 0 aliphatic rings. The summed E-state index contributed by atoms with van der Waals surface area (Å²) in [4.78, 5) is 0.119. The van der Waals surface area contributed by atoms with E-state index in [0.717, 1.165) is 3.57 Å². The molecule has 0 aliphatic heterocycles. The van der Waals surface area contributed by atoms with Crippen molar-refractivity contribution in [2.24, 2.45) is 5.73 Å². The van der Waals surface area contributed by atoms with Crippen LogP contribution in [0.5, 0.6) is 0 Å². The van der Waals surface area contributed by atoms with E-state index in [0.29, 0.717) is 17.1 Å². The van der Waals surface area contributed by atoms with Crippen LogP contribution in [0.2, 0.25) is 0 Å². The minimum Gasteiger partial charge on any atom is -0.325 e. The lowest BCUT2D eigenvalue weighted by molar-refractivity contribution is 0.599. The van der Waals surface area contributed by atoms with Crippen LogP contribution in [0.4, 0.5) is 5.69 Å². The molecule has 0 aliphatic carbocycles. The van der Waals surface area contributed by atoms with Gasteiger partial charge in [0.05, 0.1) is 11.4 Å². The number of H-pyrrole nitrogens is 1. The Morgan fingerprint density at radius 2 is 2.00 bits per heavy atom. The van der Waals surface area contributed by atoms with Crippen molar-refractivity contribution < 1.29 is 8.42 Å². The number of nitrogens with zero attached hydrogens (tertiary/aromatic N) is 1. The number of aryl methyl sites for hydroxylation is 1. The van der Waals surface area contributed by atoms with Crippen LogP contribution in [0.1, 0.15) is 11.4 Å². The van der Waals surface area contributed by atoms with Gasteiger partial charge in [0.15, 0.2) is 0 Å². The van der Waals surface area contributed by atoms with Crippen molar-refractivity contribution in [2.75, 3.05) is 4.72 Å². The average Bonchev–Trinajstić information content (AvgIpc) is 2.74. The molecule has 4 N–H and O–H groups in total. The first-order valence-corrected chi connectivity index (χ1v) is 8.02. The van der Waals surface area contributed by atoms with E-state index in [1.807, 2.05) is 12.1 Å². The third kappa shape index (κ3) is 3.07. The summed E-state index contributed by atoms with van der Waals surface area (Å²) in [5, 5.41) is 6.52. The van der Waals surface area contributed by atoms with Crippen molar-refractivity contribution in [1.82, 2.24) is 10.2 Å². The van der Waals surface area contributed by atoms with Crippen LogP contribution < -0.4 is 10.5 Å². The van der Waals surface area contributed by atoms with Crippen molar-refractivity contribution in [1.29, 1.82) is 0 Å². The molecule has 1 aromatic heterocycles. The molecule has 0 unspecified atom stereocenters. The number of hydrogen-bond acceptors (Lipinski definition) is 4. The van der Waals surface area contributed by atoms with Crippen LogP contribution >= 0.6 is 22.6 Å². The molecule has 0 bridgehead atoms. The van der Waals surface area contributed by atoms with E-state index < -0.39 is 10.0 Å². The van der Waals surface area contributed by atoms with E-state index in [-0.39, 0.29) is 11.4 Å². The summed E-state index contributed by atoms with van der Waals surface area (Å²) < 4.78 is 28.2. The highest BCUT2D eigenvalue weighted by Crippen LogP contribution is 2.21. The third-order valence-corrected chi connectivity index (χ3v) is 4.82. The number of hydrogen-bond donors (Lipinski definition) is 3. The van der Waals surface area contributed by atoms with Crippen molar-refractivity contribution in [3.8, 4) is 0 Å². The third-order valence-electron chi connectivity index (χ3n) is 2.52. The van der Waals surface area contributed by atoms with Crippen LogP contribution in [-0.4, -0.2) is 18.6 Å². The van der Waals surface area contributed by atoms with E-state index in [1.54, 1.807) is 19.1 Å². The number of aromatic amines is 1. The van der Waals surface area contributed by atoms with Crippen LogP contribution in [0.15, 0.2) is 29.2 Å². The lowest BCUT2D eigenvalue weighted by Gasteiger charge is -2.08.